The molecule has 0 saturated carbocycles. The van der Waals surface area contributed by atoms with Gasteiger partial charge in [-0.3, -0.25) is 4.99 Å². The van der Waals surface area contributed by atoms with Gasteiger partial charge in [0.05, 0.1) is 0 Å². The van der Waals surface area contributed by atoms with E-state index in [1.807, 2.05) is 13.0 Å². The first-order valence-corrected chi connectivity index (χ1v) is 7.04. The number of nitrogens with one attached hydrogen (secondary N) is 2. The molecule has 0 aromatic heterocycles. The number of guanidine groups is 1. The van der Waals surface area contributed by atoms with E-state index in [1.165, 1.54) is 5.56 Å². The second-order valence-corrected chi connectivity index (χ2v) is 4.28. The van der Waals surface area contributed by atoms with Crippen molar-refractivity contribution in [3.05, 3.63) is 48.0 Å². The Morgan fingerprint density at radius 2 is 1.95 bits per heavy atom. The van der Waals surface area contributed by atoms with Crippen molar-refractivity contribution in [2.24, 2.45) is 4.99 Å². The summed E-state index contributed by atoms with van der Waals surface area (Å²) in [6.45, 7) is 6.73. The van der Waals surface area contributed by atoms with Gasteiger partial charge >= 0.3 is 0 Å². The zero-order valence-electron chi connectivity index (χ0n) is 12.4. The van der Waals surface area contributed by atoms with Gasteiger partial charge < -0.3 is 10.6 Å². The number of aliphatic imine (C=N–C) groups is 1. The lowest BCUT2D eigenvalue weighted by Gasteiger charge is -2.11. The lowest BCUT2D eigenvalue weighted by Crippen LogP contribution is -2.38. The zero-order chi connectivity index (χ0) is 13.8. The molecule has 0 saturated heterocycles. The number of benzene rings is 1. The molecule has 1 aromatic carbocycles. The molecule has 20 heavy (non-hydrogen) atoms. The minimum Gasteiger partial charge on any atom is -0.357 e. The molecule has 3 nitrogen and oxygen atoms in total. The topological polar surface area (TPSA) is 36.4 Å². The molecule has 4 heteroatoms. The number of allylic oxidation sites excluding steroid dienone is 1. The number of hydrogen-bond acceptors (Lipinski definition) is 1. The van der Waals surface area contributed by atoms with Gasteiger partial charge in [0.1, 0.15) is 0 Å². The van der Waals surface area contributed by atoms with Crippen LogP contribution in [-0.4, -0.2) is 25.6 Å². The van der Waals surface area contributed by atoms with Crippen LogP contribution < -0.4 is 10.6 Å². The lowest BCUT2D eigenvalue weighted by atomic mass is 10.1. The second kappa shape index (κ2) is 13.0. The average Bonchev–Trinajstić information content (AvgIpc) is 2.44. The van der Waals surface area contributed by atoms with E-state index in [0.29, 0.717) is 0 Å². The highest BCUT2D eigenvalue weighted by molar-refractivity contribution is 14.0. The molecule has 0 aliphatic rings. The van der Waals surface area contributed by atoms with E-state index in [0.717, 1.165) is 38.4 Å². The number of hydrogen-bond donors (Lipinski definition) is 2. The highest BCUT2D eigenvalue weighted by atomic mass is 127. The third-order valence-corrected chi connectivity index (χ3v) is 2.69. The molecule has 0 fully saturated rings. The largest absolute Gasteiger partial charge is 0.357 e. The van der Waals surface area contributed by atoms with E-state index in [4.69, 9.17) is 0 Å². The van der Waals surface area contributed by atoms with Gasteiger partial charge in [-0.15, -0.1) is 24.0 Å². The van der Waals surface area contributed by atoms with Crippen molar-refractivity contribution in [2.45, 2.75) is 26.7 Å². The van der Waals surface area contributed by atoms with Gasteiger partial charge in [0.15, 0.2) is 5.96 Å². The van der Waals surface area contributed by atoms with Crippen LogP contribution in [-0.2, 0) is 6.42 Å². The Morgan fingerprint density at radius 3 is 2.60 bits per heavy atom. The van der Waals surface area contributed by atoms with Crippen molar-refractivity contribution in [3.8, 4) is 0 Å². The summed E-state index contributed by atoms with van der Waals surface area (Å²) in [6, 6.07) is 10.5. The van der Waals surface area contributed by atoms with Gasteiger partial charge in [0.25, 0.3) is 0 Å². The van der Waals surface area contributed by atoms with Crippen molar-refractivity contribution >= 4 is 29.9 Å². The molecule has 0 radical (unpaired) electrons. The van der Waals surface area contributed by atoms with Gasteiger partial charge in [-0.05, 0) is 32.3 Å². The quantitative estimate of drug-likeness (QED) is 0.248. The van der Waals surface area contributed by atoms with Crippen molar-refractivity contribution in [1.82, 2.24) is 10.6 Å². The highest BCUT2D eigenvalue weighted by Crippen LogP contribution is 1.98. The predicted molar refractivity (Wildman–Crippen MR) is 99.0 cm³/mol. The van der Waals surface area contributed by atoms with Gasteiger partial charge in [0, 0.05) is 19.6 Å². The molecule has 0 spiro atoms. The Bertz CT molecular complexity index is 388. The zero-order valence-corrected chi connectivity index (χ0v) is 14.8. The molecule has 0 amide bonds. The summed E-state index contributed by atoms with van der Waals surface area (Å²) in [5, 5.41) is 6.62. The second-order valence-electron chi connectivity index (χ2n) is 4.28. The van der Waals surface area contributed by atoms with Crippen LogP contribution in [0.3, 0.4) is 0 Å². The van der Waals surface area contributed by atoms with E-state index in [9.17, 15) is 0 Å². The van der Waals surface area contributed by atoms with E-state index < -0.39 is 0 Å². The lowest BCUT2D eigenvalue weighted by molar-refractivity contribution is 0.799. The Balaban J connectivity index is 0.00000361. The monoisotopic (exact) mass is 387 g/mol. The first-order chi connectivity index (χ1) is 9.36. The Kier molecular flexibility index (Phi) is 12.3. The molecule has 112 valence electrons. The summed E-state index contributed by atoms with van der Waals surface area (Å²) in [6.07, 6.45) is 6.20. The fourth-order valence-electron chi connectivity index (χ4n) is 1.73. The Morgan fingerprint density at radius 1 is 1.20 bits per heavy atom. The Hall–Kier alpha value is -1.04. The maximum absolute atomic E-state index is 4.53. The van der Waals surface area contributed by atoms with Gasteiger partial charge in [-0.2, -0.15) is 0 Å². The highest BCUT2D eigenvalue weighted by Gasteiger charge is 1.96. The third-order valence-electron chi connectivity index (χ3n) is 2.69. The van der Waals surface area contributed by atoms with Crippen molar-refractivity contribution < 1.29 is 0 Å². The third kappa shape index (κ3) is 8.96. The van der Waals surface area contributed by atoms with Gasteiger partial charge in [-0.25, -0.2) is 0 Å². The standard InChI is InChI=1S/C16H25N3.HI/c1-3-5-9-13-18-16(17-4-2)19-14-12-15-10-7-6-8-11-15;/h3,5-8,10-11H,4,9,12-14H2,1-2H3,(H2,17,18,19);1H. The van der Waals surface area contributed by atoms with Crippen LogP contribution in [0.2, 0.25) is 0 Å². The SMILES string of the molecule is CC=CCCN=C(NCC)NCCc1ccccc1.I. The van der Waals surface area contributed by atoms with Crippen LogP contribution in [0.4, 0.5) is 0 Å². The summed E-state index contributed by atoms with van der Waals surface area (Å²) < 4.78 is 0. The molecule has 1 aromatic rings. The normalized spacial score (nSPS) is 11.2. The maximum atomic E-state index is 4.53. The number of halogens is 1. The van der Waals surface area contributed by atoms with Crippen LogP contribution in [0.5, 0.6) is 0 Å². The van der Waals surface area contributed by atoms with Crippen molar-refractivity contribution in [3.63, 3.8) is 0 Å². The predicted octanol–water partition coefficient (Wildman–Crippen LogP) is 3.37. The van der Waals surface area contributed by atoms with E-state index in [-0.39, 0.29) is 24.0 Å². The maximum Gasteiger partial charge on any atom is 0.191 e. The number of nitrogens with zero attached hydrogens (tertiary/aromatic N) is 1. The molecule has 0 bridgehead atoms. The fourth-order valence-corrected chi connectivity index (χ4v) is 1.73. The van der Waals surface area contributed by atoms with E-state index in [1.54, 1.807) is 0 Å². The van der Waals surface area contributed by atoms with Crippen LogP contribution in [0.15, 0.2) is 47.5 Å². The van der Waals surface area contributed by atoms with Crippen LogP contribution in [0.25, 0.3) is 0 Å². The number of rotatable bonds is 7. The summed E-state index contributed by atoms with van der Waals surface area (Å²) in [5.41, 5.74) is 1.35. The smallest absolute Gasteiger partial charge is 0.191 e. The van der Waals surface area contributed by atoms with Crippen molar-refractivity contribution in [2.75, 3.05) is 19.6 Å². The first kappa shape index (κ1) is 19.0. The molecule has 2 N–H and O–H groups in total. The minimum atomic E-state index is 0. The molecule has 0 unspecified atom stereocenters. The van der Waals surface area contributed by atoms with Gasteiger partial charge in [0.2, 0.25) is 0 Å². The van der Waals surface area contributed by atoms with E-state index in [2.05, 4.69) is 59.0 Å². The van der Waals surface area contributed by atoms with Crippen LogP contribution in [0, 0.1) is 0 Å². The average molecular weight is 387 g/mol. The summed E-state index contributed by atoms with van der Waals surface area (Å²) in [4.78, 5) is 4.53. The summed E-state index contributed by atoms with van der Waals surface area (Å²) in [7, 11) is 0. The summed E-state index contributed by atoms with van der Waals surface area (Å²) >= 11 is 0. The first-order valence-electron chi connectivity index (χ1n) is 7.04. The van der Waals surface area contributed by atoms with E-state index >= 15 is 0 Å². The molecule has 1 rings (SSSR count). The molecule has 0 aliphatic heterocycles. The Labute approximate surface area is 140 Å². The summed E-state index contributed by atoms with van der Waals surface area (Å²) in [5.74, 6) is 0.905. The fraction of sp³-hybridized carbons (Fsp3) is 0.438. The molecule has 0 aliphatic carbocycles. The molecule has 0 heterocycles. The van der Waals surface area contributed by atoms with Gasteiger partial charge in [-0.1, -0.05) is 42.5 Å². The van der Waals surface area contributed by atoms with Crippen molar-refractivity contribution in [1.29, 1.82) is 0 Å². The van der Waals surface area contributed by atoms with Crippen LogP contribution >= 0.6 is 24.0 Å². The molecule has 0 atom stereocenters. The van der Waals surface area contributed by atoms with Crippen LogP contribution in [0.1, 0.15) is 25.8 Å². The minimum absolute atomic E-state index is 0. The molecular formula is C16H26IN3. The molecular weight excluding hydrogens is 361 g/mol.